The van der Waals surface area contributed by atoms with Crippen LogP contribution in [-0.2, 0) is 12.8 Å². The van der Waals surface area contributed by atoms with Crippen molar-refractivity contribution in [1.82, 2.24) is 0 Å². The molecule has 0 saturated heterocycles. The van der Waals surface area contributed by atoms with Gasteiger partial charge in [0.05, 0.1) is 5.38 Å². The summed E-state index contributed by atoms with van der Waals surface area (Å²) >= 11 is 6.55. The van der Waals surface area contributed by atoms with E-state index in [-0.39, 0.29) is 11.2 Å². The third kappa shape index (κ3) is 3.16. The van der Waals surface area contributed by atoms with Gasteiger partial charge < -0.3 is 0 Å². The molecule has 0 aliphatic rings. The fraction of sp³-hybridized carbons (Fsp3) is 0.294. The Balaban J connectivity index is 2.44. The van der Waals surface area contributed by atoms with Crippen LogP contribution in [0.25, 0.3) is 0 Å². The Hall–Kier alpha value is -1.34. The molecular formula is C17H18ClF. The van der Waals surface area contributed by atoms with E-state index in [2.05, 4.69) is 32.0 Å². The maximum Gasteiger partial charge on any atom is 0.123 e. The molecule has 0 heterocycles. The molecule has 0 amide bonds. The van der Waals surface area contributed by atoms with Gasteiger partial charge in [0.2, 0.25) is 0 Å². The topological polar surface area (TPSA) is 0 Å². The molecular weight excluding hydrogens is 259 g/mol. The zero-order valence-electron chi connectivity index (χ0n) is 11.3. The van der Waals surface area contributed by atoms with Gasteiger partial charge in [0.15, 0.2) is 0 Å². The number of hydrogen-bond acceptors (Lipinski definition) is 0. The molecule has 0 aliphatic heterocycles. The standard InChI is InChI=1S/C17H18ClF/c1-3-12-8-9-13(4-2)16(10-12)17(18)14-6-5-7-15(19)11-14/h5-11,17H,3-4H2,1-2H3. The second-order valence-corrected chi connectivity index (χ2v) is 5.09. The lowest BCUT2D eigenvalue weighted by Crippen LogP contribution is -2.00. The van der Waals surface area contributed by atoms with E-state index in [4.69, 9.17) is 11.6 Å². The van der Waals surface area contributed by atoms with Crippen molar-refractivity contribution in [2.75, 3.05) is 0 Å². The summed E-state index contributed by atoms with van der Waals surface area (Å²) in [6.45, 7) is 4.23. The van der Waals surface area contributed by atoms with Gasteiger partial charge in [-0.15, -0.1) is 11.6 Å². The first kappa shape index (κ1) is 14.1. The lowest BCUT2D eigenvalue weighted by atomic mass is 9.95. The zero-order valence-corrected chi connectivity index (χ0v) is 12.0. The Labute approximate surface area is 119 Å². The van der Waals surface area contributed by atoms with Gasteiger partial charge in [-0.1, -0.05) is 44.2 Å². The molecule has 19 heavy (non-hydrogen) atoms. The highest BCUT2D eigenvalue weighted by atomic mass is 35.5. The van der Waals surface area contributed by atoms with Gasteiger partial charge in [-0.2, -0.15) is 0 Å². The molecule has 0 bridgehead atoms. The van der Waals surface area contributed by atoms with Crippen LogP contribution in [0.15, 0.2) is 42.5 Å². The molecule has 2 rings (SSSR count). The van der Waals surface area contributed by atoms with E-state index in [1.807, 2.05) is 6.07 Å². The normalized spacial score (nSPS) is 12.4. The summed E-state index contributed by atoms with van der Waals surface area (Å²) in [4.78, 5) is 0. The Morgan fingerprint density at radius 1 is 1.05 bits per heavy atom. The van der Waals surface area contributed by atoms with E-state index >= 15 is 0 Å². The van der Waals surface area contributed by atoms with Crippen molar-refractivity contribution in [3.63, 3.8) is 0 Å². The Kier molecular flexibility index (Phi) is 4.60. The average Bonchev–Trinajstić information content (AvgIpc) is 2.45. The number of benzene rings is 2. The van der Waals surface area contributed by atoms with E-state index in [1.165, 1.54) is 23.3 Å². The molecule has 2 heteroatoms. The minimum absolute atomic E-state index is 0.243. The van der Waals surface area contributed by atoms with Gasteiger partial charge in [0.1, 0.15) is 5.82 Å². The van der Waals surface area contributed by atoms with Crippen LogP contribution in [0.3, 0.4) is 0 Å². The van der Waals surface area contributed by atoms with Crippen LogP contribution in [0.1, 0.15) is 41.5 Å². The summed E-state index contributed by atoms with van der Waals surface area (Å²) in [7, 11) is 0. The molecule has 0 spiro atoms. The fourth-order valence-corrected chi connectivity index (χ4v) is 2.60. The highest BCUT2D eigenvalue weighted by Crippen LogP contribution is 2.32. The molecule has 0 N–H and O–H groups in total. The molecule has 100 valence electrons. The zero-order chi connectivity index (χ0) is 13.8. The van der Waals surface area contributed by atoms with Crippen molar-refractivity contribution in [3.8, 4) is 0 Å². The first-order valence-electron chi connectivity index (χ1n) is 6.67. The van der Waals surface area contributed by atoms with Crippen molar-refractivity contribution in [3.05, 3.63) is 70.5 Å². The van der Waals surface area contributed by atoms with Crippen molar-refractivity contribution in [1.29, 1.82) is 0 Å². The van der Waals surface area contributed by atoms with Crippen LogP contribution < -0.4 is 0 Å². The predicted octanol–water partition coefficient (Wildman–Crippen LogP) is 5.28. The monoisotopic (exact) mass is 276 g/mol. The third-order valence-corrected chi connectivity index (χ3v) is 3.90. The SMILES string of the molecule is CCc1ccc(CC)c(C(Cl)c2cccc(F)c2)c1. The van der Waals surface area contributed by atoms with Crippen molar-refractivity contribution in [2.24, 2.45) is 0 Å². The molecule has 1 atom stereocenters. The quantitative estimate of drug-likeness (QED) is 0.667. The van der Waals surface area contributed by atoms with E-state index in [9.17, 15) is 4.39 Å². The lowest BCUT2D eigenvalue weighted by Gasteiger charge is -2.16. The first-order valence-corrected chi connectivity index (χ1v) is 7.10. The Morgan fingerprint density at radius 2 is 1.84 bits per heavy atom. The summed E-state index contributed by atoms with van der Waals surface area (Å²) in [6, 6.07) is 12.9. The van der Waals surface area contributed by atoms with Gasteiger partial charge in [-0.25, -0.2) is 4.39 Å². The minimum atomic E-state index is -0.294. The lowest BCUT2D eigenvalue weighted by molar-refractivity contribution is 0.625. The maximum atomic E-state index is 13.3. The Morgan fingerprint density at radius 3 is 2.47 bits per heavy atom. The van der Waals surface area contributed by atoms with Crippen LogP contribution in [0.2, 0.25) is 0 Å². The molecule has 1 unspecified atom stereocenters. The summed E-state index contributed by atoms with van der Waals surface area (Å²) in [5.41, 5.74) is 4.38. The highest BCUT2D eigenvalue weighted by Gasteiger charge is 2.15. The number of alkyl halides is 1. The molecule has 0 saturated carbocycles. The van der Waals surface area contributed by atoms with Crippen molar-refractivity contribution in [2.45, 2.75) is 32.1 Å². The van der Waals surface area contributed by atoms with Crippen LogP contribution in [0, 0.1) is 5.82 Å². The number of rotatable bonds is 4. The summed E-state index contributed by atoms with van der Waals surface area (Å²) in [6.07, 6.45) is 1.90. The van der Waals surface area contributed by atoms with E-state index < -0.39 is 0 Å². The van der Waals surface area contributed by atoms with Crippen molar-refractivity contribution >= 4 is 11.6 Å². The van der Waals surface area contributed by atoms with Gasteiger partial charge in [0, 0.05) is 0 Å². The molecule has 0 aliphatic carbocycles. The smallest absolute Gasteiger partial charge is 0.123 e. The molecule has 0 nitrogen and oxygen atoms in total. The second-order valence-electron chi connectivity index (χ2n) is 4.66. The van der Waals surface area contributed by atoms with Crippen molar-refractivity contribution < 1.29 is 4.39 Å². The summed E-state index contributed by atoms with van der Waals surface area (Å²) < 4.78 is 13.3. The highest BCUT2D eigenvalue weighted by molar-refractivity contribution is 6.22. The van der Waals surface area contributed by atoms with Crippen LogP contribution in [-0.4, -0.2) is 0 Å². The van der Waals surface area contributed by atoms with Gasteiger partial charge in [-0.05, 0) is 47.2 Å². The van der Waals surface area contributed by atoms with Crippen LogP contribution in [0.4, 0.5) is 4.39 Å². The molecule has 0 fully saturated rings. The van der Waals surface area contributed by atoms with E-state index in [0.29, 0.717) is 0 Å². The predicted molar refractivity (Wildman–Crippen MR) is 79.3 cm³/mol. The van der Waals surface area contributed by atoms with Crippen LogP contribution in [0.5, 0.6) is 0 Å². The molecule has 0 radical (unpaired) electrons. The Bertz CT molecular complexity index is 563. The largest absolute Gasteiger partial charge is 0.207 e. The number of halogens is 2. The van der Waals surface area contributed by atoms with Gasteiger partial charge in [0.25, 0.3) is 0 Å². The third-order valence-electron chi connectivity index (χ3n) is 3.41. The van der Waals surface area contributed by atoms with Crippen LogP contribution >= 0.6 is 11.6 Å². The number of aryl methyl sites for hydroxylation is 2. The van der Waals surface area contributed by atoms with E-state index in [0.717, 1.165) is 24.0 Å². The molecule has 2 aromatic rings. The van der Waals surface area contributed by atoms with Gasteiger partial charge in [-0.3, -0.25) is 0 Å². The van der Waals surface area contributed by atoms with Gasteiger partial charge >= 0.3 is 0 Å². The number of hydrogen-bond donors (Lipinski definition) is 0. The summed E-state index contributed by atoms with van der Waals surface area (Å²) in [5.74, 6) is -0.243. The maximum absolute atomic E-state index is 13.3. The molecule has 2 aromatic carbocycles. The fourth-order valence-electron chi connectivity index (χ4n) is 2.27. The summed E-state index contributed by atoms with van der Waals surface area (Å²) in [5, 5.41) is -0.294. The average molecular weight is 277 g/mol. The van der Waals surface area contributed by atoms with E-state index in [1.54, 1.807) is 6.07 Å². The minimum Gasteiger partial charge on any atom is -0.207 e. The molecule has 0 aromatic heterocycles. The first-order chi connectivity index (χ1) is 9.15. The second kappa shape index (κ2) is 6.21.